The molecule has 1 aliphatic heterocycles. The monoisotopic (exact) mass is 460 g/mol. The number of fused-ring (bicyclic) bond motifs is 4. The molecule has 0 unspecified atom stereocenters. The lowest BCUT2D eigenvalue weighted by Gasteiger charge is -2.18. The van der Waals surface area contributed by atoms with Crippen molar-refractivity contribution in [2.24, 2.45) is 0 Å². The van der Waals surface area contributed by atoms with Gasteiger partial charge in [0, 0.05) is 28.6 Å². The average Bonchev–Trinajstić information content (AvgIpc) is 2.88. The lowest BCUT2D eigenvalue weighted by atomic mass is 9.88. The maximum absolute atomic E-state index is 13.0. The number of methoxy groups -OCH3 is 2. The average molecular weight is 460 g/mol. The highest BCUT2D eigenvalue weighted by atomic mass is 16.5. The van der Waals surface area contributed by atoms with Gasteiger partial charge in [-0.2, -0.15) is 0 Å². The number of carbonyl (C=O) groups excluding carboxylic acids is 1. The molecule has 0 bridgehead atoms. The van der Waals surface area contributed by atoms with E-state index in [-0.39, 0.29) is 5.43 Å². The topological polar surface area (TPSA) is 65.7 Å². The van der Waals surface area contributed by atoms with Gasteiger partial charge in [-0.1, -0.05) is 24.3 Å². The molecule has 1 heterocycles. The number of benzene rings is 5. The van der Waals surface area contributed by atoms with Crippen LogP contribution in [0.4, 0.5) is 0 Å². The van der Waals surface area contributed by atoms with Crippen LogP contribution in [0.5, 0.6) is 5.75 Å². The van der Waals surface area contributed by atoms with Crippen molar-refractivity contribution in [1.82, 2.24) is 0 Å². The van der Waals surface area contributed by atoms with Gasteiger partial charge in [-0.05, 0) is 75.6 Å². The first kappa shape index (κ1) is 20.9. The molecule has 0 fully saturated rings. The first-order valence-corrected chi connectivity index (χ1v) is 11.2. The third-order valence-corrected chi connectivity index (χ3v) is 6.42. The zero-order chi connectivity index (χ0) is 24.1. The Labute approximate surface area is 200 Å². The lowest BCUT2D eigenvalue weighted by molar-refractivity contribution is 0.0602. The molecule has 0 saturated carbocycles. The molecule has 0 saturated heterocycles. The first-order valence-electron chi connectivity index (χ1n) is 11.2. The molecule has 5 heteroatoms. The van der Waals surface area contributed by atoms with Gasteiger partial charge in [-0.3, -0.25) is 4.79 Å². The van der Waals surface area contributed by atoms with Crippen molar-refractivity contribution in [2.75, 3.05) is 14.2 Å². The standard InChI is InChI=1S/C30H20O5/c1-33-22-8-10-24-28(16-22)35-27-15-21(31)7-9-23(27)29(24)25-13-19-11-17-5-3-4-6-18(17)12-20(19)14-26(25)30(32)34-2/h3-16H,1-2H3. The number of ether oxygens (including phenoxy) is 2. The molecule has 0 aromatic heterocycles. The SMILES string of the molecule is COC(=O)c1cc2cc3ccccc3cc2cc1-c1c2ccc(=O)cc-2oc2cc(OC)ccc12. The number of hydrogen-bond donors (Lipinski definition) is 0. The Morgan fingerprint density at radius 2 is 1.49 bits per heavy atom. The van der Waals surface area contributed by atoms with Crippen LogP contribution in [-0.4, -0.2) is 20.2 Å². The summed E-state index contributed by atoms with van der Waals surface area (Å²) < 4.78 is 16.7. The minimum Gasteiger partial charge on any atom is -0.497 e. The molecule has 0 spiro atoms. The normalized spacial score (nSPS) is 11.4. The van der Waals surface area contributed by atoms with Gasteiger partial charge in [-0.25, -0.2) is 4.79 Å². The van der Waals surface area contributed by atoms with Crippen LogP contribution in [-0.2, 0) is 4.74 Å². The second-order valence-corrected chi connectivity index (χ2v) is 8.43. The van der Waals surface area contributed by atoms with E-state index in [1.54, 1.807) is 19.2 Å². The summed E-state index contributed by atoms with van der Waals surface area (Å²) in [4.78, 5) is 25.2. The molecule has 4 aromatic carbocycles. The molecule has 4 aromatic rings. The van der Waals surface area contributed by atoms with Crippen LogP contribution in [0.3, 0.4) is 0 Å². The molecule has 0 radical (unpaired) electrons. The molecular formula is C30H20O5. The summed E-state index contributed by atoms with van der Waals surface area (Å²) in [6.07, 6.45) is 0. The summed E-state index contributed by atoms with van der Waals surface area (Å²) in [6, 6.07) is 26.4. The van der Waals surface area contributed by atoms with Gasteiger partial charge in [0.2, 0.25) is 0 Å². The summed E-state index contributed by atoms with van der Waals surface area (Å²) in [6.45, 7) is 0. The highest BCUT2D eigenvalue weighted by Gasteiger charge is 2.23. The van der Waals surface area contributed by atoms with E-state index in [1.807, 2.05) is 42.5 Å². The van der Waals surface area contributed by atoms with Crippen molar-refractivity contribution in [3.63, 3.8) is 0 Å². The largest absolute Gasteiger partial charge is 0.497 e. The van der Waals surface area contributed by atoms with Crippen LogP contribution in [0.15, 0.2) is 94.1 Å². The van der Waals surface area contributed by atoms with Crippen LogP contribution < -0.4 is 10.2 Å². The molecule has 0 atom stereocenters. The predicted molar refractivity (Wildman–Crippen MR) is 137 cm³/mol. The smallest absolute Gasteiger partial charge is 0.338 e. The fraction of sp³-hybridized carbons (Fsp3) is 0.0667. The Kier molecular flexibility index (Phi) is 4.78. The minimum atomic E-state index is -0.439. The number of esters is 1. The summed E-state index contributed by atoms with van der Waals surface area (Å²) in [5.41, 5.74) is 3.05. The fourth-order valence-corrected chi connectivity index (χ4v) is 4.75. The second kappa shape index (κ2) is 7.99. The predicted octanol–water partition coefficient (Wildman–Crippen LogP) is 6.67. The minimum absolute atomic E-state index is 0.160. The number of rotatable bonds is 3. The quantitative estimate of drug-likeness (QED) is 0.218. The lowest BCUT2D eigenvalue weighted by Crippen LogP contribution is -2.06. The highest BCUT2D eigenvalue weighted by molar-refractivity contribution is 6.12. The Morgan fingerprint density at radius 3 is 2.20 bits per heavy atom. The summed E-state index contributed by atoms with van der Waals surface area (Å²) in [5.74, 6) is 0.622. The van der Waals surface area contributed by atoms with Gasteiger partial charge in [0.05, 0.1) is 19.8 Å². The van der Waals surface area contributed by atoms with Crippen LogP contribution in [0.25, 0.3) is 55.0 Å². The van der Waals surface area contributed by atoms with E-state index in [4.69, 9.17) is 13.9 Å². The molecule has 0 amide bonds. The van der Waals surface area contributed by atoms with Crippen molar-refractivity contribution in [3.8, 4) is 28.2 Å². The second-order valence-electron chi connectivity index (χ2n) is 8.43. The summed E-state index contributed by atoms with van der Waals surface area (Å²) in [7, 11) is 2.96. The van der Waals surface area contributed by atoms with Crippen molar-refractivity contribution in [1.29, 1.82) is 0 Å². The van der Waals surface area contributed by atoms with Gasteiger partial charge < -0.3 is 13.9 Å². The molecule has 6 rings (SSSR count). The Balaban J connectivity index is 1.77. The molecule has 35 heavy (non-hydrogen) atoms. The van der Waals surface area contributed by atoms with Crippen LogP contribution in [0.2, 0.25) is 0 Å². The zero-order valence-corrected chi connectivity index (χ0v) is 19.1. The maximum Gasteiger partial charge on any atom is 0.338 e. The highest BCUT2D eigenvalue weighted by Crippen LogP contribution is 2.43. The molecule has 170 valence electrons. The third kappa shape index (κ3) is 3.40. The van der Waals surface area contributed by atoms with Gasteiger partial charge in [0.25, 0.3) is 0 Å². The van der Waals surface area contributed by atoms with Gasteiger partial charge in [0.15, 0.2) is 5.43 Å². The summed E-state index contributed by atoms with van der Waals surface area (Å²) >= 11 is 0. The third-order valence-electron chi connectivity index (χ3n) is 6.42. The van der Waals surface area contributed by atoms with E-state index < -0.39 is 5.97 Å². The fourth-order valence-electron chi connectivity index (χ4n) is 4.75. The molecule has 2 aliphatic rings. The Hall–Kier alpha value is -4.64. The number of hydrogen-bond acceptors (Lipinski definition) is 5. The van der Waals surface area contributed by atoms with Crippen molar-refractivity contribution >= 4 is 38.5 Å². The van der Waals surface area contributed by atoms with E-state index >= 15 is 0 Å². The van der Waals surface area contributed by atoms with Crippen molar-refractivity contribution in [2.45, 2.75) is 0 Å². The molecule has 5 nitrogen and oxygen atoms in total. The van der Waals surface area contributed by atoms with Crippen molar-refractivity contribution < 1.29 is 18.7 Å². The van der Waals surface area contributed by atoms with Gasteiger partial charge in [-0.15, -0.1) is 0 Å². The molecule has 0 N–H and O–H groups in total. The zero-order valence-electron chi connectivity index (χ0n) is 19.1. The molecular weight excluding hydrogens is 440 g/mol. The molecule has 1 aliphatic carbocycles. The van der Waals surface area contributed by atoms with E-state index in [0.717, 1.165) is 38.1 Å². The summed E-state index contributed by atoms with van der Waals surface area (Å²) in [5, 5.41) is 4.92. The Morgan fingerprint density at radius 1 is 0.743 bits per heavy atom. The first-order chi connectivity index (χ1) is 17.1. The van der Waals surface area contributed by atoms with Crippen LogP contribution in [0, 0.1) is 0 Å². The maximum atomic E-state index is 13.0. The van der Waals surface area contributed by atoms with Crippen LogP contribution >= 0.6 is 0 Å². The van der Waals surface area contributed by atoms with E-state index in [9.17, 15) is 9.59 Å². The van der Waals surface area contributed by atoms with Gasteiger partial charge >= 0.3 is 5.97 Å². The Bertz CT molecular complexity index is 1810. The van der Waals surface area contributed by atoms with E-state index in [1.165, 1.54) is 19.2 Å². The number of carbonyl (C=O) groups is 1. The van der Waals surface area contributed by atoms with E-state index in [2.05, 4.69) is 18.2 Å². The van der Waals surface area contributed by atoms with Crippen LogP contribution in [0.1, 0.15) is 10.4 Å². The van der Waals surface area contributed by atoms with E-state index in [0.29, 0.717) is 28.2 Å². The van der Waals surface area contributed by atoms with Gasteiger partial charge in [0.1, 0.15) is 17.1 Å². The van der Waals surface area contributed by atoms with Crippen molar-refractivity contribution in [3.05, 3.63) is 101 Å².